The molecule has 1 aliphatic carbocycles. The number of amidine groups is 1. The van der Waals surface area contributed by atoms with Crippen LogP contribution in [0.25, 0.3) is 28.3 Å². The van der Waals surface area contributed by atoms with Gasteiger partial charge in [0.1, 0.15) is 31.1 Å². The van der Waals surface area contributed by atoms with Gasteiger partial charge in [-0.15, -0.1) is 0 Å². The van der Waals surface area contributed by atoms with Gasteiger partial charge in [-0.2, -0.15) is 4.31 Å². The van der Waals surface area contributed by atoms with Crippen molar-refractivity contribution in [1.82, 2.24) is 30.1 Å². The van der Waals surface area contributed by atoms with Gasteiger partial charge in [0, 0.05) is 88.0 Å². The van der Waals surface area contributed by atoms with Gasteiger partial charge in [0.2, 0.25) is 27.7 Å². The van der Waals surface area contributed by atoms with Gasteiger partial charge in [-0.05, 0) is 107 Å². The molecule has 3 aliphatic rings. The molecule has 0 bridgehead atoms. The van der Waals surface area contributed by atoms with Crippen molar-refractivity contribution in [3.8, 4) is 22.3 Å². The summed E-state index contributed by atoms with van der Waals surface area (Å²) in [6.07, 6.45) is 2.08. The van der Waals surface area contributed by atoms with E-state index >= 15 is 0 Å². The number of aliphatic imine (C=N–C) groups is 1. The Morgan fingerprint density at radius 1 is 0.810 bits per heavy atom. The van der Waals surface area contributed by atoms with Crippen molar-refractivity contribution in [2.45, 2.75) is 82.4 Å². The predicted molar refractivity (Wildman–Crippen MR) is 320 cm³/mol. The third kappa shape index (κ3) is 15.3. The molecule has 1 saturated heterocycles. The summed E-state index contributed by atoms with van der Waals surface area (Å²) in [6, 6.07) is 31.8. The van der Waals surface area contributed by atoms with Gasteiger partial charge in [-0.25, -0.2) is 27.8 Å². The van der Waals surface area contributed by atoms with Crippen LogP contribution in [0.15, 0.2) is 131 Å². The molecule has 2 atom stereocenters. The fraction of sp³-hybridized carbons (Fsp3) is 0.371. The second kappa shape index (κ2) is 28.1. The third-order valence-electron chi connectivity index (χ3n) is 15.0. The normalized spacial score (nSPS) is 14.6. The highest BCUT2D eigenvalue weighted by Crippen LogP contribution is 2.44. The molecule has 5 aromatic rings. The Morgan fingerprint density at radius 3 is 2.17 bits per heavy atom. The molecule has 1 fully saturated rings. The summed E-state index contributed by atoms with van der Waals surface area (Å²) >= 11 is 0. The number of fused-ring (bicyclic) bond motifs is 4. The first-order valence-electron chi connectivity index (χ1n) is 28.2. The number of carbonyl (C=O) groups is 6. The van der Waals surface area contributed by atoms with E-state index in [0.29, 0.717) is 59.6 Å². The summed E-state index contributed by atoms with van der Waals surface area (Å²) in [7, 11) is -2.12. The maximum Gasteiger partial charge on any atom is 0.409 e. The number of ether oxygens (including phenoxy) is 2. The number of alkyl carbamates (subject to hydrolysis) is 1. The molecule has 84 heavy (non-hydrogen) atoms. The lowest BCUT2D eigenvalue weighted by molar-refractivity contribution is -0.128. The zero-order valence-corrected chi connectivity index (χ0v) is 48.5. The van der Waals surface area contributed by atoms with Gasteiger partial charge in [0.05, 0.1) is 10.6 Å². The number of sulfonamides is 1. The first-order valence-corrected chi connectivity index (χ1v) is 29.7. The summed E-state index contributed by atoms with van der Waals surface area (Å²) in [5, 5.41) is 20.2. The number of carbonyl (C=O) groups excluding carboxylic acids is 6. The molecule has 5 aromatic carbocycles. The molecule has 0 spiro atoms. The van der Waals surface area contributed by atoms with Crippen LogP contribution in [-0.2, 0) is 40.5 Å². The fourth-order valence-electron chi connectivity index (χ4n) is 10.4. The smallest absolute Gasteiger partial charge is 0.409 e. The number of rotatable bonds is 25. The molecule has 0 saturated carbocycles. The molecule has 8 rings (SSSR count). The molecular formula is C62H74N10O11S. The molecule has 2 heterocycles. The third-order valence-corrected chi connectivity index (χ3v) is 16.9. The number of nitrogens with two attached hydrogens (primary N) is 2. The molecule has 0 aromatic heterocycles. The molecule has 21 nitrogen and oxygen atoms in total. The standard InChI is InChI=1S/C62H74N10O11S/c1-5-27-71(59(76)45-30-44-23-22-43(32-54(44)67-55(63)33-45)42-13-10-14-47(31-42)84(80,81)72-34-41(35-72)36-73)29-12-28-70(4)62(79)83-37-40-20-24-46(25-21-40)66-57(74)53(19-11-26-65-60(64)77)68-58(75)56(39(2)3)69-61(78)82-38-52-50-17-8-6-15-48(50)49-16-7-9-18-51(49)52/h6-10,13-18,20-25,30-32,39,41,52-53,56,73H,5,11-12,19,26-29,33-38H2,1-4H3,(H2,63,67)(H,66,74)(H,68,75)(H,69,78)(H3,64,65,77)/t53-,56-/m0/s1. The Balaban J connectivity index is 0.809. The van der Waals surface area contributed by atoms with E-state index in [1.54, 1.807) is 74.3 Å². The van der Waals surface area contributed by atoms with Crippen molar-refractivity contribution in [2.75, 3.05) is 64.8 Å². The molecule has 444 valence electrons. The van der Waals surface area contributed by atoms with Crippen molar-refractivity contribution < 1.29 is 51.8 Å². The van der Waals surface area contributed by atoms with Gasteiger partial charge >= 0.3 is 18.2 Å². The van der Waals surface area contributed by atoms with Crippen molar-refractivity contribution in [3.05, 3.63) is 143 Å². The van der Waals surface area contributed by atoms with Crippen LogP contribution in [0.1, 0.15) is 81.0 Å². The molecular weight excluding hydrogens is 1090 g/mol. The Bertz CT molecular complexity index is 3360. The topological polar surface area (TPSA) is 297 Å². The maximum atomic E-state index is 14.1. The van der Waals surface area contributed by atoms with Crippen LogP contribution in [0.3, 0.4) is 0 Å². The molecule has 2 aliphatic heterocycles. The highest BCUT2D eigenvalue weighted by Gasteiger charge is 2.37. The van der Waals surface area contributed by atoms with Crippen molar-refractivity contribution >= 4 is 69.2 Å². The van der Waals surface area contributed by atoms with E-state index < -0.39 is 58.1 Å². The molecule has 9 N–H and O–H groups in total. The quantitative estimate of drug-likeness (QED) is 0.0289. The van der Waals surface area contributed by atoms with E-state index in [0.717, 1.165) is 27.8 Å². The monoisotopic (exact) mass is 1170 g/mol. The number of anilines is 1. The molecule has 0 radical (unpaired) electrons. The van der Waals surface area contributed by atoms with E-state index in [2.05, 4.69) is 26.3 Å². The average molecular weight is 1170 g/mol. The Kier molecular flexibility index (Phi) is 20.6. The largest absolute Gasteiger partial charge is 0.449 e. The van der Waals surface area contributed by atoms with Crippen molar-refractivity contribution in [1.29, 1.82) is 0 Å². The Morgan fingerprint density at radius 2 is 1.50 bits per heavy atom. The molecule has 7 amide bonds. The van der Waals surface area contributed by atoms with Crippen LogP contribution < -0.4 is 32.7 Å². The van der Waals surface area contributed by atoms with Crippen LogP contribution in [0, 0.1) is 11.8 Å². The summed E-state index contributed by atoms with van der Waals surface area (Å²) in [5.41, 5.74) is 20.0. The van der Waals surface area contributed by atoms with Crippen LogP contribution in [-0.4, -0.2) is 141 Å². The second-order valence-corrected chi connectivity index (χ2v) is 23.6. The summed E-state index contributed by atoms with van der Waals surface area (Å²) < 4.78 is 39.3. The van der Waals surface area contributed by atoms with Gasteiger partial charge in [-0.1, -0.05) is 106 Å². The number of amides is 7. The number of benzene rings is 5. The lowest BCUT2D eigenvalue weighted by Gasteiger charge is -2.36. The van der Waals surface area contributed by atoms with E-state index in [4.69, 9.17) is 20.9 Å². The number of hydrogen-bond donors (Lipinski definition) is 7. The first-order chi connectivity index (χ1) is 40.3. The zero-order chi connectivity index (χ0) is 60.1. The average Bonchev–Trinajstić information content (AvgIpc) is 2.98. The minimum absolute atomic E-state index is 0.0499. The van der Waals surface area contributed by atoms with Crippen molar-refractivity contribution in [2.24, 2.45) is 28.3 Å². The highest BCUT2D eigenvalue weighted by atomic mass is 32.2. The van der Waals surface area contributed by atoms with Crippen molar-refractivity contribution in [3.63, 3.8) is 0 Å². The molecule has 0 unspecified atom stereocenters. The van der Waals surface area contributed by atoms with E-state index in [1.165, 1.54) is 9.21 Å². The predicted octanol–water partition coefficient (Wildman–Crippen LogP) is 7.07. The van der Waals surface area contributed by atoms with Crippen LogP contribution in [0.2, 0.25) is 0 Å². The lowest BCUT2D eigenvalue weighted by Crippen LogP contribution is -2.54. The van der Waals surface area contributed by atoms with Gasteiger partial charge in [0.15, 0.2) is 0 Å². The number of primary amides is 1. The second-order valence-electron chi connectivity index (χ2n) is 21.6. The minimum Gasteiger partial charge on any atom is -0.449 e. The summed E-state index contributed by atoms with van der Waals surface area (Å²) in [5.74, 6) is -1.76. The van der Waals surface area contributed by atoms with Gasteiger partial charge in [0.25, 0.3) is 0 Å². The maximum absolute atomic E-state index is 14.1. The van der Waals surface area contributed by atoms with E-state index in [1.807, 2.05) is 79.7 Å². The summed E-state index contributed by atoms with van der Waals surface area (Å²) in [6.45, 7) is 7.20. The number of aliphatic hydroxyl groups is 1. The Labute approximate surface area is 489 Å². The minimum atomic E-state index is -3.73. The number of hydrogen-bond acceptors (Lipinski definition) is 13. The van der Waals surface area contributed by atoms with Gasteiger partial charge < -0.3 is 57.1 Å². The lowest BCUT2D eigenvalue weighted by atomic mass is 9.98. The fourth-order valence-corrected chi connectivity index (χ4v) is 12.1. The van der Waals surface area contributed by atoms with E-state index in [9.17, 15) is 42.3 Å². The van der Waals surface area contributed by atoms with Crippen LogP contribution in [0.4, 0.5) is 25.8 Å². The van der Waals surface area contributed by atoms with E-state index in [-0.39, 0.29) is 93.7 Å². The number of urea groups is 1. The Hall–Kier alpha value is -8.60. The number of aliphatic hydroxyl groups excluding tert-OH is 1. The first kappa shape index (κ1) is 61.5. The number of nitrogens with one attached hydrogen (secondary N) is 4. The zero-order valence-electron chi connectivity index (χ0n) is 47.7. The van der Waals surface area contributed by atoms with Crippen LogP contribution in [0.5, 0.6) is 0 Å². The van der Waals surface area contributed by atoms with Crippen LogP contribution >= 0.6 is 0 Å². The summed E-state index contributed by atoms with van der Waals surface area (Å²) in [4.78, 5) is 87.6. The number of nitrogens with zero attached hydrogens (tertiary/aromatic N) is 4. The SMILES string of the molecule is CCCN(CCCN(C)C(=O)OCc1ccc(NC(=O)[C@H](CCCNC(N)=O)NC(=O)[C@@H](NC(=O)OCC2c3ccccc3-c3ccccc32)C(C)C)cc1)C(=O)C1=Cc2ccc(-c3cccc(S(=O)(=O)N4CC(CO)C4)c3)cc2N=C(N)C1. The molecule has 22 heteroatoms. The highest BCUT2D eigenvalue weighted by molar-refractivity contribution is 7.89. The van der Waals surface area contributed by atoms with Gasteiger partial charge in [-0.3, -0.25) is 14.4 Å².